The van der Waals surface area contributed by atoms with Crippen LogP contribution in [0.1, 0.15) is 11.9 Å². The lowest BCUT2D eigenvalue weighted by Crippen LogP contribution is -2.44. The molecule has 1 aromatic heterocycles. The van der Waals surface area contributed by atoms with Gasteiger partial charge in [0.25, 0.3) is 5.89 Å². The topological polar surface area (TPSA) is 97.3 Å². The Balaban J connectivity index is 1.84. The Morgan fingerprint density at radius 3 is 3.13 bits per heavy atom. The summed E-state index contributed by atoms with van der Waals surface area (Å²) >= 11 is 1.37. The van der Waals surface area contributed by atoms with Gasteiger partial charge in [0.05, 0.1) is 17.4 Å². The minimum absolute atomic E-state index is 0.103. The first-order valence-corrected chi connectivity index (χ1v) is 8.39. The van der Waals surface area contributed by atoms with Gasteiger partial charge in [-0.2, -0.15) is 4.98 Å². The van der Waals surface area contributed by atoms with E-state index >= 15 is 0 Å². The van der Waals surface area contributed by atoms with Crippen molar-refractivity contribution in [2.75, 3.05) is 32.4 Å². The molecule has 2 aromatic rings. The number of carbonyl (C=O) groups is 1. The number of primary amides is 1. The van der Waals surface area contributed by atoms with Crippen molar-refractivity contribution < 1.29 is 9.32 Å². The Hall–Kier alpha value is -1.90. The van der Waals surface area contributed by atoms with Gasteiger partial charge in [-0.05, 0) is 19.2 Å². The van der Waals surface area contributed by atoms with Crippen molar-refractivity contribution >= 4 is 17.7 Å². The highest BCUT2D eigenvalue weighted by molar-refractivity contribution is 8.00. The van der Waals surface area contributed by atoms with Crippen LogP contribution in [0.4, 0.5) is 0 Å². The fourth-order valence-electron chi connectivity index (χ4n) is 2.49. The summed E-state index contributed by atoms with van der Waals surface area (Å²) in [4.78, 5) is 18.7. The van der Waals surface area contributed by atoms with Crippen molar-refractivity contribution in [3.63, 3.8) is 0 Å². The average molecular weight is 333 g/mol. The van der Waals surface area contributed by atoms with Crippen LogP contribution >= 0.6 is 11.8 Å². The van der Waals surface area contributed by atoms with Gasteiger partial charge in [-0.25, -0.2) is 0 Å². The first-order valence-electron chi connectivity index (χ1n) is 7.40. The monoisotopic (exact) mass is 333 g/mol. The predicted octanol–water partition coefficient (Wildman–Crippen LogP) is 0.890. The lowest BCUT2D eigenvalue weighted by molar-refractivity contribution is -0.115. The van der Waals surface area contributed by atoms with Crippen LogP contribution in [0, 0.1) is 0 Å². The molecule has 8 heteroatoms. The third-order valence-corrected chi connectivity index (χ3v) is 4.83. The summed E-state index contributed by atoms with van der Waals surface area (Å²) in [6.45, 7) is 2.71. The van der Waals surface area contributed by atoms with E-state index in [0.29, 0.717) is 11.7 Å². The van der Waals surface area contributed by atoms with E-state index in [0.717, 1.165) is 30.1 Å². The molecule has 1 unspecified atom stereocenters. The summed E-state index contributed by atoms with van der Waals surface area (Å²) < 4.78 is 5.45. The standard InChI is InChI=1S/C15H19N5O2S/c1-20-7-6-17-8-11(20)14-18-15(22-19-14)10-4-2-3-5-12(10)23-9-13(16)21/h2-5,11,17H,6-9H2,1H3,(H2,16,21). The van der Waals surface area contributed by atoms with Gasteiger partial charge in [0.15, 0.2) is 5.82 Å². The van der Waals surface area contributed by atoms with Gasteiger partial charge in [0, 0.05) is 24.5 Å². The van der Waals surface area contributed by atoms with Crippen LogP contribution in [0.3, 0.4) is 0 Å². The minimum atomic E-state index is -0.356. The molecule has 7 nitrogen and oxygen atoms in total. The highest BCUT2D eigenvalue weighted by Gasteiger charge is 2.26. The number of thioether (sulfide) groups is 1. The smallest absolute Gasteiger partial charge is 0.259 e. The normalized spacial score (nSPS) is 18.9. The Morgan fingerprint density at radius 2 is 2.35 bits per heavy atom. The van der Waals surface area contributed by atoms with Crippen LogP contribution in [0.15, 0.2) is 33.7 Å². The molecule has 1 fully saturated rings. The number of nitrogens with two attached hydrogens (primary N) is 1. The molecular formula is C15H19N5O2S. The van der Waals surface area contributed by atoms with Gasteiger partial charge < -0.3 is 15.6 Å². The van der Waals surface area contributed by atoms with Gasteiger partial charge in [0.1, 0.15) is 0 Å². The molecule has 0 saturated carbocycles. The van der Waals surface area contributed by atoms with Crippen molar-refractivity contribution in [2.24, 2.45) is 5.73 Å². The molecule has 3 rings (SSSR count). The molecule has 1 saturated heterocycles. The van der Waals surface area contributed by atoms with Crippen molar-refractivity contribution in [3.8, 4) is 11.5 Å². The first-order chi connectivity index (χ1) is 11.1. The summed E-state index contributed by atoms with van der Waals surface area (Å²) in [5.41, 5.74) is 6.05. The number of piperazine rings is 1. The van der Waals surface area contributed by atoms with Gasteiger partial charge in [-0.1, -0.05) is 17.3 Å². The lowest BCUT2D eigenvalue weighted by Gasteiger charge is -2.30. The fraction of sp³-hybridized carbons (Fsp3) is 0.400. The number of likely N-dealkylation sites (N-methyl/N-ethyl adjacent to an activating group) is 1. The zero-order chi connectivity index (χ0) is 16.2. The number of nitrogens with one attached hydrogen (secondary N) is 1. The van der Waals surface area contributed by atoms with Crippen LogP contribution in [-0.4, -0.2) is 53.4 Å². The molecule has 1 aromatic carbocycles. The van der Waals surface area contributed by atoms with Gasteiger partial charge in [-0.3, -0.25) is 9.69 Å². The summed E-state index contributed by atoms with van der Waals surface area (Å²) in [6.07, 6.45) is 0. The average Bonchev–Trinajstić information content (AvgIpc) is 3.03. The van der Waals surface area contributed by atoms with Crippen molar-refractivity contribution in [1.82, 2.24) is 20.4 Å². The molecule has 122 valence electrons. The van der Waals surface area contributed by atoms with Crippen molar-refractivity contribution in [1.29, 1.82) is 0 Å². The maximum atomic E-state index is 11.0. The van der Waals surface area contributed by atoms with E-state index in [2.05, 4.69) is 27.4 Å². The van der Waals surface area contributed by atoms with Crippen molar-refractivity contribution in [3.05, 3.63) is 30.1 Å². The Kier molecular flexibility index (Phi) is 4.94. The molecule has 1 atom stereocenters. The molecule has 1 amide bonds. The Morgan fingerprint density at radius 1 is 1.52 bits per heavy atom. The Bertz CT molecular complexity index is 690. The number of aromatic nitrogens is 2. The van der Waals surface area contributed by atoms with Gasteiger partial charge in [0.2, 0.25) is 5.91 Å². The second-order valence-electron chi connectivity index (χ2n) is 5.41. The quantitative estimate of drug-likeness (QED) is 0.784. The highest BCUT2D eigenvalue weighted by Crippen LogP contribution is 2.31. The van der Waals surface area contributed by atoms with E-state index in [9.17, 15) is 4.79 Å². The molecule has 0 spiro atoms. The second-order valence-corrected chi connectivity index (χ2v) is 6.43. The van der Waals surface area contributed by atoms with Gasteiger partial charge in [-0.15, -0.1) is 11.8 Å². The SMILES string of the molecule is CN1CCNCC1c1noc(-c2ccccc2SCC(N)=O)n1. The maximum absolute atomic E-state index is 11.0. The first kappa shape index (κ1) is 16.0. The fourth-order valence-corrected chi connectivity index (χ4v) is 3.28. The van der Waals surface area contributed by atoms with Crippen molar-refractivity contribution in [2.45, 2.75) is 10.9 Å². The predicted molar refractivity (Wildman–Crippen MR) is 87.9 cm³/mol. The summed E-state index contributed by atoms with van der Waals surface area (Å²) in [6, 6.07) is 7.74. The second kappa shape index (κ2) is 7.12. The maximum Gasteiger partial charge on any atom is 0.259 e. The number of benzene rings is 1. The largest absolute Gasteiger partial charge is 0.369 e. The van der Waals surface area contributed by atoms with E-state index in [1.807, 2.05) is 24.3 Å². The summed E-state index contributed by atoms with van der Waals surface area (Å²) in [5.74, 6) is 0.995. The van der Waals surface area contributed by atoms with Gasteiger partial charge >= 0.3 is 0 Å². The molecule has 3 N–H and O–H groups in total. The third-order valence-electron chi connectivity index (χ3n) is 3.74. The Labute approximate surface area is 138 Å². The van der Waals surface area contributed by atoms with E-state index < -0.39 is 0 Å². The number of rotatable bonds is 5. The van der Waals surface area contributed by atoms with Crippen LogP contribution < -0.4 is 11.1 Å². The van der Waals surface area contributed by atoms with Crippen LogP contribution in [0.25, 0.3) is 11.5 Å². The number of hydrogen-bond acceptors (Lipinski definition) is 7. The summed E-state index contributed by atoms with van der Waals surface area (Å²) in [7, 11) is 2.05. The molecule has 1 aliphatic rings. The van der Waals surface area contributed by atoms with Crippen LogP contribution in [0.5, 0.6) is 0 Å². The lowest BCUT2D eigenvalue weighted by atomic mass is 10.2. The zero-order valence-corrected chi connectivity index (χ0v) is 13.7. The third kappa shape index (κ3) is 3.72. The molecule has 1 aliphatic heterocycles. The highest BCUT2D eigenvalue weighted by atomic mass is 32.2. The van der Waals surface area contributed by atoms with E-state index in [1.165, 1.54) is 11.8 Å². The minimum Gasteiger partial charge on any atom is -0.369 e. The number of hydrogen-bond donors (Lipinski definition) is 2. The molecule has 0 bridgehead atoms. The molecule has 23 heavy (non-hydrogen) atoms. The molecule has 0 aliphatic carbocycles. The zero-order valence-electron chi connectivity index (χ0n) is 12.9. The number of nitrogens with zero attached hydrogens (tertiary/aromatic N) is 3. The molecule has 2 heterocycles. The van der Waals surface area contributed by atoms with E-state index in [4.69, 9.17) is 10.3 Å². The van der Waals surface area contributed by atoms with Crippen LogP contribution in [0.2, 0.25) is 0 Å². The van der Waals surface area contributed by atoms with Crippen LogP contribution in [-0.2, 0) is 4.79 Å². The molecular weight excluding hydrogens is 314 g/mol. The molecule has 0 radical (unpaired) electrons. The van der Waals surface area contributed by atoms with E-state index in [-0.39, 0.29) is 17.7 Å². The number of carbonyl (C=O) groups excluding carboxylic acids is 1. The van der Waals surface area contributed by atoms with E-state index in [1.54, 1.807) is 0 Å². The number of amides is 1. The summed E-state index contributed by atoms with van der Waals surface area (Å²) in [5, 5.41) is 7.47.